The number of anilines is 1. The van der Waals surface area contributed by atoms with E-state index in [2.05, 4.69) is 10.3 Å². The highest BCUT2D eigenvalue weighted by Crippen LogP contribution is 2.35. The third-order valence-electron chi connectivity index (χ3n) is 3.78. The van der Waals surface area contributed by atoms with Crippen LogP contribution in [0.3, 0.4) is 0 Å². The molecule has 3 rings (SSSR count). The van der Waals surface area contributed by atoms with E-state index in [1.807, 2.05) is 35.7 Å². The molecular formula is C19H18F3N3O2S. The molecule has 1 aromatic carbocycles. The van der Waals surface area contributed by atoms with E-state index in [1.54, 1.807) is 6.20 Å². The molecular weight excluding hydrogens is 391 g/mol. The number of benzene rings is 1. The number of fused-ring (bicyclic) bond motifs is 1. The van der Waals surface area contributed by atoms with Crippen LogP contribution in [-0.2, 0) is 11.0 Å². The Morgan fingerprint density at radius 2 is 2.11 bits per heavy atom. The number of halogens is 3. The van der Waals surface area contributed by atoms with Crippen molar-refractivity contribution in [1.82, 2.24) is 9.38 Å². The van der Waals surface area contributed by atoms with Crippen molar-refractivity contribution in [1.29, 1.82) is 0 Å². The highest BCUT2D eigenvalue weighted by Gasteiger charge is 2.31. The average molecular weight is 409 g/mol. The molecule has 0 atom stereocenters. The number of hydrogen-bond acceptors (Lipinski definition) is 4. The summed E-state index contributed by atoms with van der Waals surface area (Å²) in [5.41, 5.74) is 0.0407. The number of ether oxygens (including phenoxy) is 1. The summed E-state index contributed by atoms with van der Waals surface area (Å²) < 4.78 is 46.3. The lowest BCUT2D eigenvalue weighted by atomic mass is 10.1. The van der Waals surface area contributed by atoms with Gasteiger partial charge in [-0.05, 0) is 36.8 Å². The first-order chi connectivity index (χ1) is 13.4. The number of imidazole rings is 1. The second-order valence-corrected chi connectivity index (χ2v) is 6.87. The normalized spacial score (nSPS) is 11.6. The van der Waals surface area contributed by atoms with Gasteiger partial charge < -0.3 is 10.1 Å². The molecule has 28 heavy (non-hydrogen) atoms. The molecule has 1 amide bonds. The number of nitrogens with one attached hydrogen (secondary N) is 1. The minimum absolute atomic E-state index is 0.00171. The molecule has 148 valence electrons. The smallest absolute Gasteiger partial charge is 0.416 e. The van der Waals surface area contributed by atoms with Gasteiger partial charge in [-0.25, -0.2) is 4.98 Å². The van der Waals surface area contributed by atoms with Crippen LogP contribution in [0.25, 0.3) is 5.52 Å². The van der Waals surface area contributed by atoms with Gasteiger partial charge in [0.1, 0.15) is 5.75 Å². The molecule has 5 nitrogen and oxygen atoms in total. The highest BCUT2D eigenvalue weighted by atomic mass is 32.2. The molecule has 0 spiro atoms. The molecule has 0 saturated heterocycles. The number of amides is 1. The summed E-state index contributed by atoms with van der Waals surface area (Å²) in [6.07, 6.45) is -0.306. The first kappa shape index (κ1) is 20.1. The lowest BCUT2D eigenvalue weighted by Crippen LogP contribution is -2.16. The molecule has 3 aromatic rings. The Bertz CT molecular complexity index is 972. The Kier molecular flexibility index (Phi) is 6.13. The van der Waals surface area contributed by atoms with E-state index in [0.717, 1.165) is 17.6 Å². The molecule has 0 aliphatic rings. The van der Waals surface area contributed by atoms with Gasteiger partial charge in [0.2, 0.25) is 5.91 Å². The summed E-state index contributed by atoms with van der Waals surface area (Å²) in [6.45, 7) is 2.22. The molecule has 9 heteroatoms. The molecule has 0 aliphatic heterocycles. The summed E-state index contributed by atoms with van der Waals surface area (Å²) in [5, 5.41) is 3.14. The Labute approximate surface area is 163 Å². The zero-order chi connectivity index (χ0) is 20.1. The van der Waals surface area contributed by atoms with Gasteiger partial charge in [0, 0.05) is 6.20 Å². The molecule has 1 N–H and O–H groups in total. The quantitative estimate of drug-likeness (QED) is 0.566. The van der Waals surface area contributed by atoms with Crippen LogP contribution in [0.15, 0.2) is 53.9 Å². The van der Waals surface area contributed by atoms with E-state index < -0.39 is 17.6 Å². The zero-order valence-corrected chi connectivity index (χ0v) is 15.8. The second kappa shape index (κ2) is 8.55. The average Bonchev–Trinajstić information content (AvgIpc) is 3.08. The lowest BCUT2D eigenvalue weighted by Gasteiger charge is -2.15. The molecule has 2 heterocycles. The van der Waals surface area contributed by atoms with Crippen LogP contribution >= 0.6 is 11.8 Å². The van der Waals surface area contributed by atoms with Crippen molar-refractivity contribution in [2.75, 3.05) is 17.7 Å². The number of thioether (sulfide) groups is 1. The minimum atomic E-state index is -4.51. The number of nitrogens with zero attached hydrogens (tertiary/aromatic N) is 2. The van der Waals surface area contributed by atoms with Crippen LogP contribution < -0.4 is 10.1 Å². The summed E-state index contributed by atoms with van der Waals surface area (Å²) in [6, 6.07) is 8.66. The third-order valence-corrected chi connectivity index (χ3v) is 4.75. The van der Waals surface area contributed by atoms with Crippen molar-refractivity contribution in [2.24, 2.45) is 0 Å². The van der Waals surface area contributed by atoms with E-state index in [1.165, 1.54) is 17.8 Å². The number of pyridine rings is 1. The van der Waals surface area contributed by atoms with Crippen molar-refractivity contribution in [3.05, 3.63) is 54.4 Å². The predicted octanol–water partition coefficient (Wildman–Crippen LogP) is 4.87. The van der Waals surface area contributed by atoms with Crippen molar-refractivity contribution in [3.8, 4) is 5.75 Å². The van der Waals surface area contributed by atoms with Gasteiger partial charge in [-0.3, -0.25) is 9.20 Å². The fraction of sp³-hybridized carbons (Fsp3) is 0.263. The van der Waals surface area contributed by atoms with E-state index in [-0.39, 0.29) is 17.2 Å². The SMILES string of the molecule is CCCOc1ccc(C(F)(F)F)cc1NC(=O)CSc1ncc2ccccn12. The van der Waals surface area contributed by atoms with E-state index in [9.17, 15) is 18.0 Å². The number of hydrogen-bond donors (Lipinski definition) is 1. The maximum Gasteiger partial charge on any atom is 0.416 e. The van der Waals surface area contributed by atoms with Gasteiger partial charge in [0.25, 0.3) is 0 Å². The summed E-state index contributed by atoms with van der Waals surface area (Å²) >= 11 is 1.19. The third kappa shape index (κ3) is 4.78. The molecule has 0 unspecified atom stereocenters. The van der Waals surface area contributed by atoms with Crippen LogP contribution in [0.4, 0.5) is 18.9 Å². The molecule has 2 aromatic heterocycles. The Morgan fingerprint density at radius 1 is 1.29 bits per heavy atom. The topological polar surface area (TPSA) is 55.6 Å². The van der Waals surface area contributed by atoms with E-state index >= 15 is 0 Å². The maximum absolute atomic E-state index is 13.0. The fourth-order valence-corrected chi connectivity index (χ4v) is 3.25. The van der Waals surface area contributed by atoms with Crippen LogP contribution in [0.5, 0.6) is 5.75 Å². The molecule has 0 saturated carbocycles. The van der Waals surface area contributed by atoms with Gasteiger partial charge in [-0.15, -0.1) is 0 Å². The highest BCUT2D eigenvalue weighted by molar-refractivity contribution is 7.99. The Balaban J connectivity index is 1.72. The second-order valence-electron chi connectivity index (χ2n) is 5.93. The van der Waals surface area contributed by atoms with E-state index in [0.29, 0.717) is 18.2 Å². The lowest BCUT2D eigenvalue weighted by molar-refractivity contribution is -0.137. The minimum Gasteiger partial charge on any atom is -0.491 e. The van der Waals surface area contributed by atoms with Gasteiger partial charge in [0.05, 0.1) is 35.3 Å². The first-order valence-electron chi connectivity index (χ1n) is 8.57. The molecule has 0 fully saturated rings. The van der Waals surface area contributed by atoms with Crippen molar-refractivity contribution >= 4 is 28.9 Å². The van der Waals surface area contributed by atoms with Gasteiger partial charge in [-0.1, -0.05) is 24.8 Å². The van der Waals surface area contributed by atoms with Crippen molar-refractivity contribution < 1.29 is 22.7 Å². The number of carbonyl (C=O) groups is 1. The maximum atomic E-state index is 13.0. The largest absolute Gasteiger partial charge is 0.491 e. The van der Waals surface area contributed by atoms with Crippen molar-refractivity contribution in [3.63, 3.8) is 0 Å². The standard InChI is InChI=1S/C19H18F3N3O2S/c1-2-9-27-16-7-6-13(19(20,21)22)10-15(16)24-17(26)12-28-18-23-11-14-5-3-4-8-25(14)18/h3-8,10-11H,2,9,12H2,1H3,(H,24,26). The monoisotopic (exact) mass is 409 g/mol. The van der Waals surface area contributed by atoms with Crippen LogP contribution in [0, 0.1) is 0 Å². The number of aromatic nitrogens is 2. The molecule has 0 radical (unpaired) electrons. The van der Waals surface area contributed by atoms with Gasteiger partial charge in [-0.2, -0.15) is 13.2 Å². The fourth-order valence-electron chi connectivity index (χ4n) is 2.48. The number of rotatable bonds is 7. The summed E-state index contributed by atoms with van der Waals surface area (Å²) in [7, 11) is 0. The Morgan fingerprint density at radius 3 is 2.86 bits per heavy atom. The zero-order valence-electron chi connectivity index (χ0n) is 15.0. The van der Waals surface area contributed by atoms with Crippen LogP contribution in [-0.4, -0.2) is 27.7 Å². The Hall–Kier alpha value is -2.68. The van der Waals surface area contributed by atoms with Gasteiger partial charge in [0.15, 0.2) is 5.16 Å². The van der Waals surface area contributed by atoms with Crippen LogP contribution in [0.1, 0.15) is 18.9 Å². The van der Waals surface area contributed by atoms with Crippen LogP contribution in [0.2, 0.25) is 0 Å². The van der Waals surface area contributed by atoms with Gasteiger partial charge >= 0.3 is 6.18 Å². The molecule has 0 aliphatic carbocycles. The van der Waals surface area contributed by atoms with Crippen molar-refractivity contribution in [2.45, 2.75) is 24.7 Å². The predicted molar refractivity (Wildman–Crippen MR) is 102 cm³/mol. The number of alkyl halides is 3. The van der Waals surface area contributed by atoms with E-state index in [4.69, 9.17) is 4.74 Å². The summed E-state index contributed by atoms with van der Waals surface area (Å²) in [5.74, 6) is -0.241. The molecule has 0 bridgehead atoms. The summed E-state index contributed by atoms with van der Waals surface area (Å²) in [4.78, 5) is 16.6. The first-order valence-corrected chi connectivity index (χ1v) is 9.56. The number of carbonyl (C=O) groups excluding carboxylic acids is 1.